The summed E-state index contributed by atoms with van der Waals surface area (Å²) in [5.41, 5.74) is 3.69. The van der Waals surface area contributed by atoms with E-state index < -0.39 is 5.97 Å². The average molecular weight is 432 g/mol. The zero-order valence-electron chi connectivity index (χ0n) is 17.9. The monoisotopic (exact) mass is 431 g/mol. The highest BCUT2D eigenvalue weighted by molar-refractivity contribution is 6.32. The van der Waals surface area contributed by atoms with Gasteiger partial charge in [0.05, 0.1) is 16.6 Å². The summed E-state index contributed by atoms with van der Waals surface area (Å²) in [6.45, 7) is 6.90. The molecular formula is C23H30ClN3O3. The molecule has 1 atom stereocenters. The Morgan fingerprint density at radius 2 is 1.93 bits per heavy atom. The Hall–Kier alpha value is -2.08. The zero-order chi connectivity index (χ0) is 21.5. The standard InChI is InChI=1S/C23H30ClN3O3/c1-23(2,3)15-8-4-13(5-9-15)19-17(24)12-18-20(26-19)27-22(25-18)30-16-10-6-14(7-11-16)21(28)29/h4,12,14-16H,5-11H2,1-3H3,(H,28,29)(H,25,26,27)/t14-,15?,16-. The lowest BCUT2D eigenvalue weighted by Crippen LogP contribution is -2.28. The molecule has 0 aliphatic heterocycles. The summed E-state index contributed by atoms with van der Waals surface area (Å²) in [7, 11) is 0. The lowest BCUT2D eigenvalue weighted by Gasteiger charge is -2.33. The summed E-state index contributed by atoms with van der Waals surface area (Å²) in [5.74, 6) is -0.299. The average Bonchev–Trinajstić information content (AvgIpc) is 3.08. The van der Waals surface area contributed by atoms with Crippen LogP contribution in [0.4, 0.5) is 0 Å². The highest BCUT2D eigenvalue weighted by Gasteiger charge is 2.29. The third-order valence-corrected chi connectivity index (χ3v) is 6.93. The maximum Gasteiger partial charge on any atom is 0.306 e. The van der Waals surface area contributed by atoms with Crippen LogP contribution in [0.25, 0.3) is 16.7 Å². The van der Waals surface area contributed by atoms with Crippen LogP contribution >= 0.6 is 11.6 Å². The van der Waals surface area contributed by atoms with Gasteiger partial charge in [0, 0.05) is 0 Å². The van der Waals surface area contributed by atoms with Crippen molar-refractivity contribution in [3.63, 3.8) is 0 Å². The van der Waals surface area contributed by atoms with Crippen molar-refractivity contribution in [1.82, 2.24) is 15.0 Å². The minimum Gasteiger partial charge on any atom is -0.481 e. The predicted molar refractivity (Wildman–Crippen MR) is 118 cm³/mol. The number of pyridine rings is 1. The minimum atomic E-state index is -0.714. The van der Waals surface area contributed by atoms with E-state index in [9.17, 15) is 4.79 Å². The number of aliphatic carboxylic acids is 1. The van der Waals surface area contributed by atoms with Gasteiger partial charge in [0.1, 0.15) is 11.6 Å². The van der Waals surface area contributed by atoms with E-state index in [2.05, 4.69) is 36.8 Å². The molecule has 2 N–H and O–H groups in total. The van der Waals surface area contributed by atoms with Crippen molar-refractivity contribution >= 4 is 34.3 Å². The number of H-pyrrole nitrogens is 1. The Labute approximate surface area is 182 Å². The summed E-state index contributed by atoms with van der Waals surface area (Å²) in [6.07, 6.45) is 8.14. The second-order valence-corrected chi connectivity index (χ2v) is 10.1. The number of carboxylic acids is 1. The highest BCUT2D eigenvalue weighted by Crippen LogP contribution is 2.41. The summed E-state index contributed by atoms with van der Waals surface area (Å²) >= 11 is 6.56. The molecule has 0 spiro atoms. The number of allylic oxidation sites excluding steroid dienone is 2. The lowest BCUT2D eigenvalue weighted by atomic mass is 9.73. The molecule has 0 radical (unpaired) electrons. The van der Waals surface area contributed by atoms with Crippen molar-refractivity contribution in [3.8, 4) is 6.01 Å². The molecule has 4 rings (SSSR count). The Morgan fingerprint density at radius 1 is 1.20 bits per heavy atom. The molecule has 1 unspecified atom stereocenters. The number of ether oxygens (including phenoxy) is 1. The Kier molecular flexibility index (Phi) is 5.80. The van der Waals surface area contributed by atoms with Crippen LogP contribution < -0.4 is 4.74 Å². The quantitative estimate of drug-likeness (QED) is 0.632. The number of fused-ring (bicyclic) bond motifs is 1. The minimum absolute atomic E-state index is 0.0218. The van der Waals surface area contributed by atoms with Crippen molar-refractivity contribution in [2.45, 2.75) is 71.8 Å². The first-order chi connectivity index (χ1) is 14.2. The van der Waals surface area contributed by atoms with E-state index in [0.29, 0.717) is 46.4 Å². The molecule has 2 aliphatic rings. The number of carbonyl (C=O) groups is 1. The molecule has 162 valence electrons. The molecule has 30 heavy (non-hydrogen) atoms. The van der Waals surface area contributed by atoms with Crippen LogP contribution in [-0.4, -0.2) is 32.1 Å². The molecule has 0 saturated heterocycles. The molecule has 0 bridgehead atoms. The number of rotatable bonds is 4. The van der Waals surface area contributed by atoms with Gasteiger partial charge in [0.15, 0.2) is 5.65 Å². The smallest absolute Gasteiger partial charge is 0.306 e. The number of aromatic amines is 1. The van der Waals surface area contributed by atoms with Crippen LogP contribution in [0.15, 0.2) is 12.1 Å². The van der Waals surface area contributed by atoms with Gasteiger partial charge in [-0.05, 0) is 67.9 Å². The van der Waals surface area contributed by atoms with Gasteiger partial charge in [-0.15, -0.1) is 0 Å². The van der Waals surface area contributed by atoms with E-state index in [4.69, 9.17) is 26.4 Å². The number of nitrogens with zero attached hydrogens (tertiary/aromatic N) is 2. The molecule has 2 heterocycles. The molecule has 0 aromatic carbocycles. The maximum atomic E-state index is 11.1. The van der Waals surface area contributed by atoms with Gasteiger partial charge < -0.3 is 9.84 Å². The van der Waals surface area contributed by atoms with E-state index >= 15 is 0 Å². The molecule has 2 aromatic rings. The predicted octanol–water partition coefficient (Wildman–Crippen LogP) is 5.86. The Balaban J connectivity index is 1.48. The van der Waals surface area contributed by atoms with Crippen molar-refractivity contribution in [2.24, 2.45) is 17.3 Å². The van der Waals surface area contributed by atoms with Crippen molar-refractivity contribution in [1.29, 1.82) is 0 Å². The van der Waals surface area contributed by atoms with Crippen LogP contribution in [-0.2, 0) is 4.79 Å². The molecule has 1 saturated carbocycles. The number of carboxylic acid groups (broad SMARTS) is 1. The van der Waals surface area contributed by atoms with Gasteiger partial charge in [-0.25, -0.2) is 4.98 Å². The Morgan fingerprint density at radius 3 is 2.53 bits per heavy atom. The van der Waals surface area contributed by atoms with Gasteiger partial charge in [0.25, 0.3) is 6.01 Å². The van der Waals surface area contributed by atoms with Crippen LogP contribution in [0.2, 0.25) is 5.02 Å². The molecule has 2 aromatic heterocycles. The van der Waals surface area contributed by atoms with Gasteiger partial charge in [-0.2, -0.15) is 4.98 Å². The fraction of sp³-hybridized carbons (Fsp3) is 0.609. The summed E-state index contributed by atoms with van der Waals surface area (Å²) in [5, 5.41) is 9.75. The molecular weight excluding hydrogens is 402 g/mol. The van der Waals surface area contributed by atoms with Crippen LogP contribution in [0.5, 0.6) is 6.01 Å². The van der Waals surface area contributed by atoms with E-state index in [1.54, 1.807) is 0 Å². The topological polar surface area (TPSA) is 88.1 Å². The molecule has 1 fully saturated rings. The summed E-state index contributed by atoms with van der Waals surface area (Å²) in [6, 6.07) is 2.27. The number of nitrogens with one attached hydrogen (secondary N) is 1. The van der Waals surface area contributed by atoms with Crippen LogP contribution in [0, 0.1) is 17.3 Å². The molecule has 7 heteroatoms. The van der Waals surface area contributed by atoms with Gasteiger partial charge in [-0.1, -0.05) is 38.4 Å². The first-order valence-corrected chi connectivity index (χ1v) is 11.2. The molecule has 0 amide bonds. The second kappa shape index (κ2) is 8.22. The summed E-state index contributed by atoms with van der Waals surface area (Å²) < 4.78 is 5.99. The molecule has 6 nitrogen and oxygen atoms in total. The van der Waals surface area contributed by atoms with E-state index in [1.165, 1.54) is 5.57 Å². The number of hydrogen-bond acceptors (Lipinski definition) is 4. The third-order valence-electron chi connectivity index (χ3n) is 6.64. The number of aromatic nitrogens is 3. The fourth-order valence-electron chi connectivity index (χ4n) is 4.60. The van der Waals surface area contributed by atoms with Gasteiger partial charge in [-0.3, -0.25) is 9.78 Å². The van der Waals surface area contributed by atoms with E-state index in [-0.39, 0.29) is 12.0 Å². The SMILES string of the molecule is CC(C)(C)C1CC=C(c2nc3[nH]c(O[C@H]4CC[C@H](C(=O)O)CC4)nc3cc2Cl)CC1. The zero-order valence-corrected chi connectivity index (χ0v) is 18.6. The first-order valence-electron chi connectivity index (χ1n) is 10.9. The number of halogens is 1. The van der Waals surface area contributed by atoms with Crippen molar-refractivity contribution in [2.75, 3.05) is 0 Å². The first kappa shape index (κ1) is 21.2. The summed E-state index contributed by atoms with van der Waals surface area (Å²) in [4.78, 5) is 23.5. The van der Waals surface area contributed by atoms with Gasteiger partial charge in [0.2, 0.25) is 0 Å². The fourth-order valence-corrected chi connectivity index (χ4v) is 4.86. The van der Waals surface area contributed by atoms with Crippen LogP contribution in [0.1, 0.15) is 71.4 Å². The van der Waals surface area contributed by atoms with Crippen LogP contribution in [0.3, 0.4) is 0 Å². The van der Waals surface area contributed by atoms with E-state index in [0.717, 1.165) is 37.8 Å². The van der Waals surface area contributed by atoms with E-state index in [1.807, 2.05) is 6.07 Å². The lowest BCUT2D eigenvalue weighted by molar-refractivity contribution is -0.143. The Bertz CT molecular complexity index is 968. The largest absolute Gasteiger partial charge is 0.481 e. The molecule has 2 aliphatic carbocycles. The number of hydrogen-bond donors (Lipinski definition) is 2. The highest BCUT2D eigenvalue weighted by atomic mass is 35.5. The number of imidazole rings is 1. The van der Waals surface area contributed by atoms with Crippen molar-refractivity contribution in [3.05, 3.63) is 22.9 Å². The van der Waals surface area contributed by atoms with Crippen molar-refractivity contribution < 1.29 is 14.6 Å². The van der Waals surface area contributed by atoms with Gasteiger partial charge >= 0.3 is 5.97 Å². The third kappa shape index (κ3) is 4.48. The second-order valence-electron chi connectivity index (χ2n) is 9.72. The maximum absolute atomic E-state index is 11.1. The normalized spacial score (nSPS) is 25.2.